The molecule has 0 aromatic rings. The molecule has 2 aliphatic heterocycles. The molecule has 2 heterocycles. The molecule has 0 aromatic carbocycles. The van der Waals surface area contributed by atoms with Crippen LogP contribution in [-0.2, 0) is 4.74 Å². The number of hydrogen-bond acceptors (Lipinski definition) is 3. The zero-order chi connectivity index (χ0) is 9.31. The molecule has 2 fully saturated rings. The largest absolute Gasteiger partial charge is 0.379 e. The number of hydrogen-bond donors (Lipinski definition) is 1. The van der Waals surface area contributed by atoms with Crippen LogP contribution in [0, 0.1) is 0 Å². The number of nitrogens with zero attached hydrogens (tertiary/aromatic N) is 1. The van der Waals surface area contributed by atoms with Gasteiger partial charge in [-0.25, -0.2) is 0 Å². The van der Waals surface area contributed by atoms with Gasteiger partial charge in [0, 0.05) is 32.3 Å². The zero-order valence-electron chi connectivity index (χ0n) is 8.68. The second-order valence-electron chi connectivity index (χ2n) is 4.49. The van der Waals surface area contributed by atoms with E-state index in [1.165, 1.54) is 13.0 Å². The van der Waals surface area contributed by atoms with Crippen LogP contribution in [0.3, 0.4) is 0 Å². The van der Waals surface area contributed by atoms with Crippen LogP contribution >= 0.6 is 0 Å². The summed E-state index contributed by atoms with van der Waals surface area (Å²) in [5.74, 6) is 0. The molecule has 2 aliphatic rings. The molecule has 2 rings (SSSR count). The Labute approximate surface area is 80.4 Å². The Kier molecular flexibility index (Phi) is 2.58. The van der Waals surface area contributed by atoms with E-state index in [1.807, 2.05) is 0 Å². The predicted octanol–water partition coefficient (Wildman–Crippen LogP) is 0.459. The molecule has 3 heteroatoms. The molecule has 1 N–H and O–H groups in total. The van der Waals surface area contributed by atoms with Crippen molar-refractivity contribution in [3.63, 3.8) is 0 Å². The Morgan fingerprint density at radius 1 is 1.46 bits per heavy atom. The van der Waals surface area contributed by atoms with Crippen LogP contribution in [0.2, 0.25) is 0 Å². The van der Waals surface area contributed by atoms with Crippen LogP contribution in [-0.4, -0.2) is 49.3 Å². The summed E-state index contributed by atoms with van der Waals surface area (Å²) in [7, 11) is 0. The van der Waals surface area contributed by atoms with Gasteiger partial charge >= 0.3 is 0 Å². The summed E-state index contributed by atoms with van der Waals surface area (Å²) in [5.41, 5.74) is 0.312. The van der Waals surface area contributed by atoms with Gasteiger partial charge in [0.25, 0.3) is 0 Å². The topological polar surface area (TPSA) is 24.5 Å². The van der Waals surface area contributed by atoms with Crippen LogP contribution in [0.4, 0.5) is 0 Å². The third kappa shape index (κ3) is 1.60. The highest BCUT2D eigenvalue weighted by Crippen LogP contribution is 2.28. The molecule has 1 unspecified atom stereocenters. The first-order valence-electron chi connectivity index (χ1n) is 5.30. The van der Waals surface area contributed by atoms with Gasteiger partial charge in [0.05, 0.1) is 12.1 Å². The van der Waals surface area contributed by atoms with Gasteiger partial charge in [-0.05, 0) is 20.3 Å². The Morgan fingerprint density at radius 3 is 2.92 bits per heavy atom. The van der Waals surface area contributed by atoms with Gasteiger partial charge in [0.15, 0.2) is 0 Å². The van der Waals surface area contributed by atoms with Gasteiger partial charge in [-0.15, -0.1) is 0 Å². The maximum Gasteiger partial charge on any atom is 0.0663 e. The van der Waals surface area contributed by atoms with Crippen molar-refractivity contribution < 1.29 is 4.74 Å². The minimum Gasteiger partial charge on any atom is -0.379 e. The molecule has 0 saturated carbocycles. The van der Waals surface area contributed by atoms with E-state index in [0.29, 0.717) is 11.6 Å². The highest BCUT2D eigenvalue weighted by molar-refractivity contribution is 4.99. The highest BCUT2D eigenvalue weighted by Gasteiger charge is 2.42. The van der Waals surface area contributed by atoms with Crippen LogP contribution in [0.5, 0.6) is 0 Å². The van der Waals surface area contributed by atoms with Gasteiger partial charge in [-0.1, -0.05) is 0 Å². The molecular formula is C10H20N2O. The molecule has 2 saturated heterocycles. The van der Waals surface area contributed by atoms with E-state index in [2.05, 4.69) is 24.1 Å². The summed E-state index contributed by atoms with van der Waals surface area (Å²) < 4.78 is 5.54. The van der Waals surface area contributed by atoms with E-state index in [-0.39, 0.29) is 0 Å². The van der Waals surface area contributed by atoms with Crippen molar-refractivity contribution in [3.8, 4) is 0 Å². The Hall–Kier alpha value is -0.120. The summed E-state index contributed by atoms with van der Waals surface area (Å²) in [6, 6.07) is 0.642. The number of piperazine rings is 1. The van der Waals surface area contributed by atoms with E-state index >= 15 is 0 Å². The lowest BCUT2D eigenvalue weighted by Gasteiger charge is -2.46. The van der Waals surface area contributed by atoms with E-state index in [1.54, 1.807) is 0 Å². The smallest absolute Gasteiger partial charge is 0.0663 e. The van der Waals surface area contributed by atoms with Crippen molar-refractivity contribution in [3.05, 3.63) is 0 Å². The van der Waals surface area contributed by atoms with Crippen molar-refractivity contribution in [2.45, 2.75) is 31.8 Å². The number of ether oxygens (including phenoxy) is 1. The predicted molar refractivity (Wildman–Crippen MR) is 52.9 cm³/mol. The lowest BCUT2D eigenvalue weighted by Crippen LogP contribution is -2.63. The second-order valence-corrected chi connectivity index (χ2v) is 4.49. The summed E-state index contributed by atoms with van der Waals surface area (Å²) in [6.07, 6.45) is 1.19. The monoisotopic (exact) mass is 184 g/mol. The van der Waals surface area contributed by atoms with Gasteiger partial charge in [-0.3, -0.25) is 4.90 Å². The van der Waals surface area contributed by atoms with Crippen LogP contribution in [0.25, 0.3) is 0 Å². The lowest BCUT2D eigenvalue weighted by atomic mass is 9.92. The average molecular weight is 184 g/mol. The molecule has 0 bridgehead atoms. The zero-order valence-corrected chi connectivity index (χ0v) is 8.68. The second kappa shape index (κ2) is 3.56. The first-order chi connectivity index (χ1) is 6.25. The maximum atomic E-state index is 5.54. The fourth-order valence-electron chi connectivity index (χ4n) is 2.63. The Bertz CT molecular complexity index is 176. The summed E-state index contributed by atoms with van der Waals surface area (Å²) >= 11 is 0. The normalized spacial score (nSPS) is 36.2. The molecule has 0 radical (unpaired) electrons. The number of nitrogens with one attached hydrogen (secondary N) is 1. The SMILES string of the molecule is CC(C)N1CCNCC12CCOC2. The molecule has 76 valence electrons. The van der Waals surface area contributed by atoms with Gasteiger partial charge in [0.1, 0.15) is 0 Å². The summed E-state index contributed by atoms with van der Waals surface area (Å²) in [6.45, 7) is 9.81. The lowest BCUT2D eigenvalue weighted by molar-refractivity contribution is 0.0215. The molecule has 0 aliphatic carbocycles. The summed E-state index contributed by atoms with van der Waals surface area (Å²) in [5, 5.41) is 3.48. The molecule has 1 atom stereocenters. The minimum atomic E-state index is 0.312. The quantitative estimate of drug-likeness (QED) is 0.641. The van der Waals surface area contributed by atoms with Crippen LogP contribution in [0.15, 0.2) is 0 Å². The fraction of sp³-hybridized carbons (Fsp3) is 1.00. The molecule has 1 spiro atoms. The van der Waals surface area contributed by atoms with Crippen molar-refractivity contribution in [1.82, 2.24) is 10.2 Å². The molecule has 0 aromatic heterocycles. The molecule has 13 heavy (non-hydrogen) atoms. The molecular weight excluding hydrogens is 164 g/mol. The van der Waals surface area contributed by atoms with Gasteiger partial charge in [0.2, 0.25) is 0 Å². The van der Waals surface area contributed by atoms with Crippen molar-refractivity contribution >= 4 is 0 Å². The first-order valence-corrected chi connectivity index (χ1v) is 5.30. The third-order valence-corrected chi connectivity index (χ3v) is 3.30. The first kappa shape index (κ1) is 9.44. The highest BCUT2D eigenvalue weighted by atomic mass is 16.5. The molecule has 3 nitrogen and oxygen atoms in total. The van der Waals surface area contributed by atoms with Crippen molar-refractivity contribution in [2.75, 3.05) is 32.8 Å². The fourth-order valence-corrected chi connectivity index (χ4v) is 2.63. The van der Waals surface area contributed by atoms with Crippen molar-refractivity contribution in [1.29, 1.82) is 0 Å². The average Bonchev–Trinajstić information content (AvgIpc) is 2.54. The van der Waals surface area contributed by atoms with Crippen LogP contribution in [0.1, 0.15) is 20.3 Å². The third-order valence-electron chi connectivity index (χ3n) is 3.30. The Balaban J connectivity index is 2.12. The van der Waals surface area contributed by atoms with Gasteiger partial charge in [-0.2, -0.15) is 0 Å². The van der Waals surface area contributed by atoms with E-state index < -0.39 is 0 Å². The Morgan fingerprint density at radius 2 is 2.31 bits per heavy atom. The van der Waals surface area contributed by atoms with E-state index in [4.69, 9.17) is 4.74 Å². The van der Waals surface area contributed by atoms with E-state index in [9.17, 15) is 0 Å². The molecule has 0 amide bonds. The minimum absolute atomic E-state index is 0.312. The summed E-state index contributed by atoms with van der Waals surface area (Å²) in [4.78, 5) is 2.61. The van der Waals surface area contributed by atoms with E-state index in [0.717, 1.165) is 26.3 Å². The maximum absolute atomic E-state index is 5.54. The number of rotatable bonds is 1. The van der Waals surface area contributed by atoms with Crippen LogP contribution < -0.4 is 5.32 Å². The van der Waals surface area contributed by atoms with Crippen molar-refractivity contribution in [2.24, 2.45) is 0 Å². The standard InChI is InChI=1S/C10H20N2O/c1-9(2)12-5-4-11-7-10(12)3-6-13-8-10/h9,11H,3-8H2,1-2H3. The van der Waals surface area contributed by atoms with Gasteiger partial charge < -0.3 is 10.1 Å².